The van der Waals surface area contributed by atoms with Crippen LogP contribution >= 0.6 is 22.9 Å². The Labute approximate surface area is 129 Å². The Morgan fingerprint density at radius 1 is 1.29 bits per heavy atom. The lowest BCUT2D eigenvalue weighted by Gasteiger charge is -2.10. The summed E-state index contributed by atoms with van der Waals surface area (Å²) in [6.45, 7) is 0. The molecule has 6 nitrogen and oxygen atoms in total. The van der Waals surface area contributed by atoms with Crippen LogP contribution in [-0.4, -0.2) is 9.97 Å². The average molecular weight is 317 g/mol. The third-order valence-electron chi connectivity index (χ3n) is 2.81. The SMILES string of the molecule is N#Cc1ccc(Cl)cc1Nc1nc(NN)nc2sccc12. The Bertz CT molecular complexity index is 853. The Balaban J connectivity index is 2.12. The first-order chi connectivity index (χ1) is 10.2. The fourth-order valence-corrected chi connectivity index (χ4v) is 2.80. The van der Waals surface area contributed by atoms with Crippen LogP contribution in [0.3, 0.4) is 0 Å². The molecule has 0 atom stereocenters. The topological polar surface area (TPSA) is 99.7 Å². The summed E-state index contributed by atoms with van der Waals surface area (Å²) in [6, 6.07) is 9.01. The number of hydrogen-bond acceptors (Lipinski definition) is 7. The molecular weight excluding hydrogens is 308 g/mol. The minimum Gasteiger partial charge on any atom is -0.338 e. The molecule has 0 amide bonds. The molecule has 2 aromatic heterocycles. The number of thiophene rings is 1. The lowest BCUT2D eigenvalue weighted by molar-refractivity contribution is 1.16. The summed E-state index contributed by atoms with van der Waals surface area (Å²) in [5, 5.41) is 15.6. The molecule has 0 aliphatic carbocycles. The van der Waals surface area contributed by atoms with Crippen LogP contribution in [0.5, 0.6) is 0 Å². The van der Waals surface area contributed by atoms with Crippen molar-refractivity contribution in [1.29, 1.82) is 5.26 Å². The number of fused-ring (bicyclic) bond motifs is 1. The van der Waals surface area contributed by atoms with Gasteiger partial charge in [0.05, 0.1) is 16.6 Å². The zero-order chi connectivity index (χ0) is 14.8. The fraction of sp³-hybridized carbons (Fsp3) is 0. The molecule has 0 aliphatic rings. The molecule has 104 valence electrons. The second-order valence-electron chi connectivity index (χ2n) is 4.11. The molecule has 0 saturated carbocycles. The number of nitrogens with two attached hydrogens (primary N) is 1. The first-order valence-electron chi connectivity index (χ1n) is 5.90. The number of halogens is 1. The van der Waals surface area contributed by atoms with Crippen molar-refractivity contribution in [3.8, 4) is 6.07 Å². The van der Waals surface area contributed by atoms with E-state index in [4.69, 9.17) is 22.7 Å². The van der Waals surface area contributed by atoms with Crippen molar-refractivity contribution in [2.75, 3.05) is 10.7 Å². The third-order valence-corrected chi connectivity index (χ3v) is 3.85. The summed E-state index contributed by atoms with van der Waals surface area (Å²) in [4.78, 5) is 9.34. The van der Waals surface area contributed by atoms with Crippen LogP contribution in [0.15, 0.2) is 29.6 Å². The van der Waals surface area contributed by atoms with Gasteiger partial charge in [0.15, 0.2) is 0 Å². The van der Waals surface area contributed by atoms with E-state index in [2.05, 4.69) is 26.8 Å². The van der Waals surface area contributed by atoms with E-state index in [-0.39, 0.29) is 0 Å². The predicted octanol–water partition coefficient (Wildman–Crippen LogP) is 3.25. The molecule has 0 aliphatic heterocycles. The minimum absolute atomic E-state index is 0.299. The van der Waals surface area contributed by atoms with Crippen LogP contribution in [0.25, 0.3) is 10.2 Å². The minimum atomic E-state index is 0.299. The molecule has 3 rings (SSSR count). The van der Waals surface area contributed by atoms with E-state index in [0.29, 0.717) is 28.0 Å². The Kier molecular flexibility index (Phi) is 3.58. The van der Waals surface area contributed by atoms with E-state index in [0.717, 1.165) is 10.2 Å². The van der Waals surface area contributed by atoms with E-state index in [1.807, 2.05) is 11.4 Å². The molecule has 0 bridgehead atoms. The first kappa shape index (κ1) is 13.6. The summed E-state index contributed by atoms with van der Waals surface area (Å²) in [6.07, 6.45) is 0. The van der Waals surface area contributed by atoms with Crippen molar-refractivity contribution in [2.24, 2.45) is 5.84 Å². The average Bonchev–Trinajstić information content (AvgIpc) is 2.96. The van der Waals surface area contributed by atoms with Crippen LogP contribution in [0.4, 0.5) is 17.5 Å². The van der Waals surface area contributed by atoms with Gasteiger partial charge in [-0.15, -0.1) is 11.3 Å². The van der Waals surface area contributed by atoms with E-state index >= 15 is 0 Å². The highest BCUT2D eigenvalue weighted by molar-refractivity contribution is 7.16. The quantitative estimate of drug-likeness (QED) is 0.506. The lowest BCUT2D eigenvalue weighted by Crippen LogP contribution is -2.11. The summed E-state index contributed by atoms with van der Waals surface area (Å²) >= 11 is 7.46. The molecule has 0 unspecified atom stereocenters. The molecule has 0 spiro atoms. The number of nitrogens with zero attached hydrogens (tertiary/aromatic N) is 3. The van der Waals surface area contributed by atoms with Gasteiger partial charge in [-0.05, 0) is 29.6 Å². The number of hydrazine groups is 1. The van der Waals surface area contributed by atoms with Gasteiger partial charge in [0.2, 0.25) is 5.95 Å². The van der Waals surface area contributed by atoms with Gasteiger partial charge in [-0.3, -0.25) is 5.43 Å². The van der Waals surface area contributed by atoms with E-state index in [9.17, 15) is 0 Å². The standard InChI is InChI=1S/C13H9ClN6S/c14-8-2-1-7(6-15)10(5-8)17-11-9-3-4-21-12(9)19-13(18-11)20-16/h1-5H,16H2,(H2,17,18,19,20). The zero-order valence-electron chi connectivity index (χ0n) is 10.6. The Morgan fingerprint density at radius 2 is 2.14 bits per heavy atom. The predicted molar refractivity (Wildman–Crippen MR) is 84.7 cm³/mol. The van der Waals surface area contributed by atoms with Gasteiger partial charge < -0.3 is 5.32 Å². The van der Waals surface area contributed by atoms with Gasteiger partial charge >= 0.3 is 0 Å². The number of nitriles is 1. The Hall–Kier alpha value is -2.40. The second-order valence-corrected chi connectivity index (χ2v) is 5.44. The van der Waals surface area contributed by atoms with Gasteiger partial charge in [0.25, 0.3) is 0 Å². The molecular formula is C13H9ClN6S. The number of nitrogen functional groups attached to an aromatic ring is 1. The highest BCUT2D eigenvalue weighted by Crippen LogP contribution is 2.30. The van der Waals surface area contributed by atoms with Crippen LogP contribution in [-0.2, 0) is 0 Å². The molecule has 1 aromatic carbocycles. The smallest absolute Gasteiger partial charge is 0.240 e. The molecule has 0 saturated heterocycles. The van der Waals surface area contributed by atoms with Crippen molar-refractivity contribution in [1.82, 2.24) is 9.97 Å². The van der Waals surface area contributed by atoms with E-state index in [1.54, 1.807) is 18.2 Å². The molecule has 2 heterocycles. The number of hydrogen-bond donors (Lipinski definition) is 3. The number of benzene rings is 1. The lowest BCUT2D eigenvalue weighted by atomic mass is 10.2. The van der Waals surface area contributed by atoms with Crippen molar-refractivity contribution in [2.45, 2.75) is 0 Å². The zero-order valence-corrected chi connectivity index (χ0v) is 12.2. The summed E-state index contributed by atoms with van der Waals surface area (Å²) < 4.78 is 0. The number of aromatic nitrogens is 2. The van der Waals surface area contributed by atoms with Crippen molar-refractivity contribution in [3.05, 3.63) is 40.2 Å². The Morgan fingerprint density at radius 3 is 2.90 bits per heavy atom. The largest absolute Gasteiger partial charge is 0.338 e. The maximum atomic E-state index is 9.17. The molecule has 0 fully saturated rings. The molecule has 3 aromatic rings. The number of rotatable bonds is 3. The van der Waals surface area contributed by atoms with Gasteiger partial charge in [0.1, 0.15) is 16.7 Å². The van der Waals surface area contributed by atoms with Crippen molar-refractivity contribution < 1.29 is 0 Å². The summed E-state index contributed by atoms with van der Waals surface area (Å²) in [7, 11) is 0. The van der Waals surface area contributed by atoms with Crippen molar-refractivity contribution >= 4 is 50.6 Å². The highest BCUT2D eigenvalue weighted by Gasteiger charge is 2.11. The fourth-order valence-electron chi connectivity index (χ4n) is 1.86. The van der Waals surface area contributed by atoms with E-state index in [1.165, 1.54) is 11.3 Å². The summed E-state index contributed by atoms with van der Waals surface area (Å²) in [5.41, 5.74) is 3.49. The molecule has 8 heteroatoms. The van der Waals surface area contributed by atoms with Gasteiger partial charge in [0, 0.05) is 5.02 Å². The highest BCUT2D eigenvalue weighted by atomic mass is 35.5. The third kappa shape index (κ3) is 2.60. The van der Waals surface area contributed by atoms with Crippen LogP contribution in [0.2, 0.25) is 5.02 Å². The van der Waals surface area contributed by atoms with Crippen LogP contribution < -0.4 is 16.6 Å². The van der Waals surface area contributed by atoms with Crippen LogP contribution in [0, 0.1) is 11.3 Å². The second kappa shape index (κ2) is 5.54. The molecule has 21 heavy (non-hydrogen) atoms. The maximum absolute atomic E-state index is 9.17. The van der Waals surface area contributed by atoms with E-state index < -0.39 is 0 Å². The number of anilines is 3. The van der Waals surface area contributed by atoms with Gasteiger partial charge in [-0.2, -0.15) is 10.2 Å². The molecule has 4 N–H and O–H groups in total. The normalized spacial score (nSPS) is 10.3. The number of nitrogens with one attached hydrogen (secondary N) is 2. The monoisotopic (exact) mass is 316 g/mol. The summed E-state index contributed by atoms with van der Waals surface area (Å²) in [5.74, 6) is 6.24. The van der Waals surface area contributed by atoms with Crippen LogP contribution in [0.1, 0.15) is 5.56 Å². The van der Waals surface area contributed by atoms with Gasteiger partial charge in [-0.1, -0.05) is 11.6 Å². The van der Waals surface area contributed by atoms with Gasteiger partial charge in [-0.25, -0.2) is 10.8 Å². The van der Waals surface area contributed by atoms with Crippen molar-refractivity contribution in [3.63, 3.8) is 0 Å². The first-order valence-corrected chi connectivity index (χ1v) is 7.15. The maximum Gasteiger partial charge on any atom is 0.240 e. The molecule has 0 radical (unpaired) electrons.